The number of nitrogens with one attached hydrogen (secondary N) is 1. The number of aromatic nitrogens is 2. The average Bonchev–Trinajstić information content (AvgIpc) is 2.59. The number of piperidine rings is 1. The molecule has 1 saturated heterocycles. The Morgan fingerprint density at radius 1 is 1.35 bits per heavy atom. The number of halogens is 3. The van der Waals surface area contributed by atoms with E-state index in [1.165, 1.54) is 18.5 Å². The molecule has 140 valence electrons. The standard InChI is InChI=1S/C17H19F2IN4O2/c1-10-6-11(23-14(26)9-25)8-24(7-10)13-3-2-12(17(18,19)20)15-16(13)22-5-4-21-15/h2-5,10-11,25H,6-9H2,1H3,(H,23,26)/t10-,11+/m0/s1. The Morgan fingerprint density at radius 2 is 2.04 bits per heavy atom. The summed E-state index contributed by atoms with van der Waals surface area (Å²) in [5, 5.41) is 11.7. The van der Waals surface area contributed by atoms with Crippen LogP contribution in [0.4, 0.5) is 14.5 Å². The fourth-order valence-corrected chi connectivity index (χ4v) is 3.89. The summed E-state index contributed by atoms with van der Waals surface area (Å²) in [6, 6.07) is 2.90. The zero-order valence-electron chi connectivity index (χ0n) is 14.1. The Morgan fingerprint density at radius 3 is 2.69 bits per heavy atom. The molecule has 1 aromatic heterocycles. The van der Waals surface area contributed by atoms with Gasteiger partial charge >= 0.3 is 3.93 Å². The van der Waals surface area contributed by atoms with Crippen molar-refractivity contribution in [3.05, 3.63) is 30.1 Å². The summed E-state index contributed by atoms with van der Waals surface area (Å²) in [5.41, 5.74) is 1.15. The smallest absolute Gasteiger partial charge is 0.323 e. The topological polar surface area (TPSA) is 78.4 Å². The molecule has 0 radical (unpaired) electrons. The number of nitrogens with zero attached hydrogens (tertiary/aromatic N) is 3. The second-order valence-electron chi connectivity index (χ2n) is 6.55. The molecule has 1 aromatic carbocycles. The van der Waals surface area contributed by atoms with Crippen LogP contribution in [0, 0.1) is 5.92 Å². The number of anilines is 1. The van der Waals surface area contributed by atoms with E-state index in [-0.39, 0.29) is 23.0 Å². The highest BCUT2D eigenvalue weighted by molar-refractivity contribution is 14.1. The fourth-order valence-electron chi connectivity index (χ4n) is 3.45. The summed E-state index contributed by atoms with van der Waals surface area (Å²) in [5.74, 6) is -0.140. The van der Waals surface area contributed by atoms with Crippen molar-refractivity contribution in [3.8, 4) is 0 Å². The van der Waals surface area contributed by atoms with Gasteiger partial charge in [-0.15, -0.1) is 0 Å². The number of aliphatic hydroxyl groups is 1. The third kappa shape index (κ3) is 4.03. The van der Waals surface area contributed by atoms with Crippen molar-refractivity contribution < 1.29 is 18.7 Å². The van der Waals surface area contributed by atoms with Crippen molar-refractivity contribution in [2.45, 2.75) is 23.3 Å². The molecule has 0 aliphatic carbocycles. The summed E-state index contributed by atoms with van der Waals surface area (Å²) < 4.78 is 24.8. The normalized spacial score (nSPS) is 21.0. The van der Waals surface area contributed by atoms with Gasteiger partial charge < -0.3 is 15.3 Å². The second kappa shape index (κ2) is 7.55. The first-order chi connectivity index (χ1) is 12.3. The van der Waals surface area contributed by atoms with E-state index in [1.54, 1.807) is 6.07 Å². The first-order valence-electron chi connectivity index (χ1n) is 8.25. The van der Waals surface area contributed by atoms with Crippen LogP contribution in [0.25, 0.3) is 11.0 Å². The molecule has 0 bridgehead atoms. The van der Waals surface area contributed by atoms with Gasteiger partial charge in [-0.05, 0) is 24.5 Å². The van der Waals surface area contributed by atoms with E-state index >= 15 is 0 Å². The summed E-state index contributed by atoms with van der Waals surface area (Å²) in [6.45, 7) is 2.74. The van der Waals surface area contributed by atoms with Gasteiger partial charge in [-0.3, -0.25) is 14.8 Å². The molecule has 1 aliphatic heterocycles. The number of carbonyl (C=O) groups is 1. The van der Waals surface area contributed by atoms with Crippen molar-refractivity contribution in [2.24, 2.45) is 5.92 Å². The second-order valence-corrected chi connectivity index (χ2v) is 7.91. The Balaban J connectivity index is 1.98. The Hall–Kier alpha value is -1.62. The van der Waals surface area contributed by atoms with E-state index in [4.69, 9.17) is 5.11 Å². The van der Waals surface area contributed by atoms with Crippen LogP contribution in [-0.4, -0.2) is 46.7 Å². The minimum atomic E-state index is -3.04. The molecule has 9 heteroatoms. The molecular formula is C17H19F2IN4O2. The summed E-state index contributed by atoms with van der Waals surface area (Å²) in [7, 11) is 0. The molecule has 26 heavy (non-hydrogen) atoms. The number of benzene rings is 1. The van der Waals surface area contributed by atoms with Gasteiger partial charge in [-0.25, -0.2) is 0 Å². The van der Waals surface area contributed by atoms with Crippen molar-refractivity contribution in [2.75, 3.05) is 24.6 Å². The molecule has 0 spiro atoms. The maximum Gasteiger partial charge on any atom is 0.323 e. The van der Waals surface area contributed by atoms with Crippen LogP contribution in [0.2, 0.25) is 0 Å². The summed E-state index contributed by atoms with van der Waals surface area (Å²) in [6.07, 6.45) is 3.68. The predicted molar refractivity (Wildman–Crippen MR) is 102 cm³/mol. The first kappa shape index (κ1) is 19.2. The van der Waals surface area contributed by atoms with Gasteiger partial charge in [0.2, 0.25) is 5.91 Å². The van der Waals surface area contributed by atoms with Crippen LogP contribution in [0.5, 0.6) is 0 Å². The minimum absolute atomic E-state index is 0.129. The monoisotopic (exact) mass is 476 g/mol. The van der Waals surface area contributed by atoms with E-state index in [2.05, 4.69) is 22.2 Å². The zero-order chi connectivity index (χ0) is 18.9. The lowest BCUT2D eigenvalue weighted by Gasteiger charge is -2.38. The van der Waals surface area contributed by atoms with Crippen LogP contribution >= 0.6 is 22.6 Å². The van der Waals surface area contributed by atoms with E-state index in [1.807, 2.05) is 4.90 Å². The van der Waals surface area contributed by atoms with Gasteiger partial charge in [0, 0.05) is 54.1 Å². The number of rotatable bonds is 4. The van der Waals surface area contributed by atoms with Gasteiger partial charge in [-0.2, -0.15) is 8.78 Å². The summed E-state index contributed by atoms with van der Waals surface area (Å²) >= 11 is 1.09. The molecule has 6 nitrogen and oxygen atoms in total. The minimum Gasteiger partial charge on any atom is -0.387 e. The molecule has 2 heterocycles. The number of amides is 1. The van der Waals surface area contributed by atoms with Crippen LogP contribution in [0.15, 0.2) is 24.5 Å². The molecule has 1 aliphatic rings. The highest BCUT2D eigenvalue weighted by Crippen LogP contribution is 2.40. The molecule has 2 aromatic rings. The number of aliphatic hydroxyl groups excluding tert-OH is 1. The number of alkyl halides is 3. The third-order valence-electron chi connectivity index (χ3n) is 4.42. The molecule has 1 amide bonds. The van der Waals surface area contributed by atoms with Crippen molar-refractivity contribution in [1.82, 2.24) is 15.3 Å². The molecule has 1 fully saturated rings. The van der Waals surface area contributed by atoms with E-state index in [0.29, 0.717) is 17.7 Å². The quantitative estimate of drug-likeness (QED) is 0.524. The highest BCUT2D eigenvalue weighted by atomic mass is 127. The maximum atomic E-state index is 13.9. The largest absolute Gasteiger partial charge is 0.387 e. The van der Waals surface area contributed by atoms with E-state index in [0.717, 1.165) is 35.6 Å². The SMILES string of the molecule is C[C@H]1C[C@@H](NC(=O)CO)CN(c2ccc(C(F)(F)I)c3nccnc23)C1. The Labute approximate surface area is 163 Å². The molecule has 2 atom stereocenters. The van der Waals surface area contributed by atoms with Crippen LogP contribution in [0.3, 0.4) is 0 Å². The predicted octanol–water partition coefficient (Wildman–Crippen LogP) is 2.44. The molecule has 0 saturated carbocycles. The van der Waals surface area contributed by atoms with E-state index in [9.17, 15) is 13.6 Å². The number of carbonyl (C=O) groups excluding carboxylic acids is 1. The average molecular weight is 476 g/mol. The third-order valence-corrected chi connectivity index (χ3v) is 5.00. The molecule has 0 unspecified atom stereocenters. The van der Waals surface area contributed by atoms with Crippen molar-refractivity contribution >= 4 is 45.2 Å². The van der Waals surface area contributed by atoms with Crippen molar-refractivity contribution in [1.29, 1.82) is 0 Å². The van der Waals surface area contributed by atoms with Gasteiger partial charge in [0.15, 0.2) is 0 Å². The lowest BCUT2D eigenvalue weighted by Crippen LogP contribution is -2.51. The lowest BCUT2D eigenvalue weighted by atomic mass is 9.95. The van der Waals surface area contributed by atoms with Gasteiger partial charge in [0.05, 0.1) is 11.3 Å². The molecule has 3 rings (SSSR count). The number of fused-ring (bicyclic) bond motifs is 1. The highest BCUT2D eigenvalue weighted by Gasteiger charge is 2.32. The maximum absolute atomic E-state index is 13.9. The first-order valence-corrected chi connectivity index (χ1v) is 9.33. The van der Waals surface area contributed by atoms with Crippen LogP contribution in [-0.2, 0) is 8.72 Å². The lowest BCUT2D eigenvalue weighted by molar-refractivity contribution is -0.124. The van der Waals surface area contributed by atoms with E-state index < -0.39 is 16.4 Å². The Bertz CT molecular complexity index is 815. The van der Waals surface area contributed by atoms with Crippen LogP contribution in [0.1, 0.15) is 18.9 Å². The van der Waals surface area contributed by atoms with Crippen molar-refractivity contribution in [3.63, 3.8) is 0 Å². The zero-order valence-corrected chi connectivity index (χ0v) is 16.3. The number of hydrogen-bond acceptors (Lipinski definition) is 5. The molecule has 2 N–H and O–H groups in total. The molecular weight excluding hydrogens is 457 g/mol. The summed E-state index contributed by atoms with van der Waals surface area (Å²) in [4.78, 5) is 22.0. The Kier molecular flexibility index (Phi) is 5.56. The van der Waals surface area contributed by atoms with Gasteiger partial charge in [-0.1, -0.05) is 6.92 Å². The van der Waals surface area contributed by atoms with Gasteiger partial charge in [0.25, 0.3) is 0 Å². The van der Waals surface area contributed by atoms with Crippen LogP contribution < -0.4 is 10.2 Å². The fraction of sp³-hybridized carbons (Fsp3) is 0.471. The number of hydrogen-bond donors (Lipinski definition) is 2. The van der Waals surface area contributed by atoms with Gasteiger partial charge in [0.1, 0.15) is 17.6 Å².